The molecule has 0 amide bonds. The summed E-state index contributed by atoms with van der Waals surface area (Å²) in [7, 11) is 0. The van der Waals surface area contributed by atoms with Crippen LogP contribution < -0.4 is 0 Å². The van der Waals surface area contributed by atoms with Crippen LogP contribution >= 0.6 is 0 Å². The first-order chi connectivity index (χ1) is 8.07. The number of hydrogen-bond acceptors (Lipinski definition) is 3. The van der Waals surface area contributed by atoms with Gasteiger partial charge < -0.3 is 5.11 Å². The van der Waals surface area contributed by atoms with Gasteiger partial charge in [0.25, 0.3) is 0 Å². The Hall–Kier alpha value is -1.06. The Bertz CT molecular complexity index is 423. The van der Waals surface area contributed by atoms with Crippen molar-refractivity contribution in [2.75, 3.05) is 0 Å². The van der Waals surface area contributed by atoms with Gasteiger partial charge in [-0.05, 0) is 28.0 Å². The Morgan fingerprint density at radius 1 is 1.00 bits per heavy atom. The molecule has 0 saturated heterocycles. The molecule has 0 aromatic heterocycles. The minimum atomic E-state index is -0.157. The maximum atomic E-state index is 10.3. The molecule has 0 heterocycles. The molecule has 2 N–H and O–H groups in total. The van der Waals surface area contributed by atoms with Crippen LogP contribution in [0.5, 0.6) is 5.75 Å². The van der Waals surface area contributed by atoms with Crippen molar-refractivity contribution < 1.29 is 15.3 Å². The molecule has 18 heavy (non-hydrogen) atoms. The lowest BCUT2D eigenvalue weighted by molar-refractivity contribution is -0.253. The highest BCUT2D eigenvalue weighted by Crippen LogP contribution is 2.37. The molecule has 3 heteroatoms. The maximum Gasteiger partial charge on any atom is 0.124 e. The zero-order valence-electron chi connectivity index (χ0n) is 12.2. The number of phenolic OH excluding ortho intramolecular Hbond substituents is 1. The number of rotatable bonds is 2. The molecule has 0 radical (unpaired) electrons. The Kier molecular flexibility index (Phi) is 4.08. The van der Waals surface area contributed by atoms with Crippen LogP contribution in [0.25, 0.3) is 0 Å². The summed E-state index contributed by atoms with van der Waals surface area (Å²) < 4.78 is 0. The second kappa shape index (κ2) is 4.90. The lowest BCUT2D eigenvalue weighted by atomic mass is 9.79. The molecular weight excluding hydrogens is 228 g/mol. The molecule has 0 aliphatic rings. The molecule has 0 unspecified atom stereocenters. The van der Waals surface area contributed by atoms with E-state index in [1.807, 2.05) is 12.1 Å². The van der Waals surface area contributed by atoms with Crippen molar-refractivity contribution in [3.8, 4) is 5.75 Å². The van der Waals surface area contributed by atoms with Gasteiger partial charge in [-0.15, -0.1) is 0 Å². The Balaban J connectivity index is 3.47. The van der Waals surface area contributed by atoms with Crippen molar-refractivity contribution in [3.63, 3.8) is 0 Å². The van der Waals surface area contributed by atoms with Crippen LogP contribution in [0.3, 0.4) is 0 Å². The summed E-state index contributed by atoms with van der Waals surface area (Å²) in [6, 6.07) is 3.93. The molecule has 0 saturated carbocycles. The Morgan fingerprint density at radius 3 is 1.94 bits per heavy atom. The van der Waals surface area contributed by atoms with Crippen molar-refractivity contribution in [1.29, 1.82) is 0 Å². The molecule has 1 rings (SSSR count). The van der Waals surface area contributed by atoms with Crippen LogP contribution in [0.15, 0.2) is 12.1 Å². The van der Waals surface area contributed by atoms with E-state index in [2.05, 4.69) is 46.4 Å². The number of phenols is 1. The van der Waals surface area contributed by atoms with Crippen molar-refractivity contribution in [2.45, 2.75) is 59.0 Å². The van der Waals surface area contributed by atoms with E-state index in [-0.39, 0.29) is 23.2 Å². The summed E-state index contributed by atoms with van der Waals surface area (Å²) >= 11 is 0. The van der Waals surface area contributed by atoms with Gasteiger partial charge in [0.05, 0.1) is 0 Å². The summed E-state index contributed by atoms with van der Waals surface area (Å²) in [4.78, 5) is 4.18. The lowest BCUT2D eigenvalue weighted by Crippen LogP contribution is -2.17. The van der Waals surface area contributed by atoms with Gasteiger partial charge in [-0.25, -0.2) is 4.89 Å². The minimum Gasteiger partial charge on any atom is -0.507 e. The zero-order valence-corrected chi connectivity index (χ0v) is 12.2. The third-order valence-corrected chi connectivity index (χ3v) is 3.08. The Morgan fingerprint density at radius 2 is 1.56 bits per heavy atom. The number of benzene rings is 1. The molecule has 0 aliphatic carbocycles. The van der Waals surface area contributed by atoms with Crippen LogP contribution in [0, 0.1) is 0 Å². The number of aromatic hydroxyl groups is 1. The summed E-state index contributed by atoms with van der Waals surface area (Å²) in [5.41, 5.74) is 2.45. The van der Waals surface area contributed by atoms with Gasteiger partial charge in [-0.1, -0.05) is 47.6 Å². The first-order valence-electron chi connectivity index (χ1n) is 6.20. The SMILES string of the molecule is CC(C)(C)c1cc(COO)c(O)c(C(C)(C)C)c1. The van der Waals surface area contributed by atoms with Gasteiger partial charge in [0.2, 0.25) is 0 Å². The van der Waals surface area contributed by atoms with E-state index in [9.17, 15) is 5.11 Å². The first-order valence-corrected chi connectivity index (χ1v) is 6.20. The molecule has 0 spiro atoms. The van der Waals surface area contributed by atoms with Gasteiger partial charge in [0, 0.05) is 5.56 Å². The van der Waals surface area contributed by atoms with Crippen LogP contribution in [-0.2, 0) is 22.3 Å². The zero-order chi connectivity index (χ0) is 14.1. The molecule has 0 bridgehead atoms. The highest BCUT2D eigenvalue weighted by atomic mass is 17.1. The average Bonchev–Trinajstić information content (AvgIpc) is 2.17. The van der Waals surface area contributed by atoms with Crippen molar-refractivity contribution in [2.24, 2.45) is 0 Å². The number of hydrogen-bond donors (Lipinski definition) is 2. The maximum absolute atomic E-state index is 10.3. The van der Waals surface area contributed by atoms with Crippen LogP contribution in [0.4, 0.5) is 0 Å². The summed E-state index contributed by atoms with van der Waals surface area (Å²) in [6.45, 7) is 12.5. The summed E-state index contributed by atoms with van der Waals surface area (Å²) in [5.74, 6) is 0.213. The smallest absolute Gasteiger partial charge is 0.124 e. The second-order valence-electron chi connectivity index (χ2n) is 6.80. The van der Waals surface area contributed by atoms with E-state index in [1.165, 1.54) is 0 Å². The van der Waals surface area contributed by atoms with E-state index in [1.54, 1.807) is 0 Å². The summed E-state index contributed by atoms with van der Waals surface area (Å²) in [5, 5.41) is 18.9. The highest BCUT2D eigenvalue weighted by molar-refractivity contribution is 5.48. The van der Waals surface area contributed by atoms with Crippen LogP contribution in [0.1, 0.15) is 58.2 Å². The Labute approximate surface area is 109 Å². The van der Waals surface area contributed by atoms with E-state index in [4.69, 9.17) is 5.26 Å². The van der Waals surface area contributed by atoms with E-state index < -0.39 is 0 Å². The van der Waals surface area contributed by atoms with Crippen molar-refractivity contribution in [3.05, 3.63) is 28.8 Å². The molecule has 102 valence electrons. The van der Waals surface area contributed by atoms with E-state index in [0.717, 1.165) is 11.1 Å². The van der Waals surface area contributed by atoms with Crippen LogP contribution in [0.2, 0.25) is 0 Å². The second-order valence-corrected chi connectivity index (χ2v) is 6.80. The van der Waals surface area contributed by atoms with Gasteiger partial charge in [0.15, 0.2) is 0 Å². The van der Waals surface area contributed by atoms with Crippen molar-refractivity contribution in [1.82, 2.24) is 0 Å². The average molecular weight is 252 g/mol. The molecule has 0 atom stereocenters. The van der Waals surface area contributed by atoms with Crippen molar-refractivity contribution >= 4 is 0 Å². The predicted octanol–water partition coefficient (Wildman–Crippen LogP) is 3.98. The highest BCUT2D eigenvalue weighted by Gasteiger charge is 2.24. The fraction of sp³-hybridized carbons (Fsp3) is 0.600. The largest absolute Gasteiger partial charge is 0.507 e. The molecule has 1 aromatic carbocycles. The fourth-order valence-corrected chi connectivity index (χ4v) is 1.88. The van der Waals surface area contributed by atoms with Crippen LogP contribution in [-0.4, -0.2) is 10.4 Å². The molecule has 3 nitrogen and oxygen atoms in total. The normalized spacial score (nSPS) is 12.8. The third-order valence-electron chi connectivity index (χ3n) is 3.08. The van der Waals surface area contributed by atoms with Gasteiger partial charge in [-0.3, -0.25) is 5.26 Å². The minimum absolute atomic E-state index is 0.00116. The fourth-order valence-electron chi connectivity index (χ4n) is 1.88. The third kappa shape index (κ3) is 3.24. The molecular formula is C15H24O3. The van der Waals surface area contributed by atoms with Gasteiger partial charge in [-0.2, -0.15) is 0 Å². The first kappa shape index (κ1) is 15.0. The summed E-state index contributed by atoms with van der Waals surface area (Å²) in [6.07, 6.45) is 0. The standard InChI is InChI=1S/C15H24O3/c1-14(2,3)11-7-10(9-18-17)13(16)12(8-11)15(4,5)6/h7-8,16-17H,9H2,1-6H3. The van der Waals surface area contributed by atoms with E-state index in [0.29, 0.717) is 5.56 Å². The topological polar surface area (TPSA) is 49.7 Å². The molecule has 0 aliphatic heterocycles. The lowest BCUT2D eigenvalue weighted by Gasteiger charge is -2.27. The monoisotopic (exact) mass is 252 g/mol. The van der Waals surface area contributed by atoms with Gasteiger partial charge in [0.1, 0.15) is 12.4 Å². The molecule has 0 fully saturated rings. The predicted molar refractivity (Wildman–Crippen MR) is 72.9 cm³/mol. The molecule has 1 aromatic rings. The van der Waals surface area contributed by atoms with Gasteiger partial charge >= 0.3 is 0 Å². The van der Waals surface area contributed by atoms with E-state index >= 15 is 0 Å². The quantitative estimate of drug-likeness (QED) is 0.618.